The number of aromatic nitrogens is 2. The Kier molecular flexibility index (Phi) is 8.61. The molecule has 1 saturated carbocycles. The minimum atomic E-state index is -4.58. The van der Waals surface area contributed by atoms with Crippen molar-refractivity contribution in [3.8, 4) is 5.88 Å². The van der Waals surface area contributed by atoms with E-state index < -0.39 is 28.2 Å². The van der Waals surface area contributed by atoms with E-state index in [0.717, 1.165) is 32.6 Å². The van der Waals surface area contributed by atoms with Crippen LogP contribution in [-0.4, -0.2) is 78.8 Å². The van der Waals surface area contributed by atoms with Gasteiger partial charge in [-0.3, -0.25) is 0 Å². The zero-order valence-electron chi connectivity index (χ0n) is 19.2. The SMILES string of the molecule is CCS(=O)(=O)c1cnc(OC2CCC(OC3CCN(C(=O)O[C@H](C)C(F)(F)F)CC3)CC2)cn1. The Hall–Kier alpha value is -2.15. The maximum atomic E-state index is 12.6. The molecule has 0 spiro atoms. The molecule has 1 aromatic rings. The van der Waals surface area contributed by atoms with Gasteiger partial charge in [-0.25, -0.2) is 23.2 Å². The van der Waals surface area contributed by atoms with Gasteiger partial charge in [0.2, 0.25) is 5.88 Å². The van der Waals surface area contributed by atoms with Crippen molar-refractivity contribution in [1.82, 2.24) is 14.9 Å². The molecule has 0 N–H and O–H groups in total. The summed E-state index contributed by atoms with van der Waals surface area (Å²) < 4.78 is 77.8. The smallest absolute Gasteiger partial charge is 0.425 e. The van der Waals surface area contributed by atoms with Crippen LogP contribution in [0.25, 0.3) is 0 Å². The van der Waals surface area contributed by atoms with E-state index in [1.165, 1.54) is 24.2 Å². The second-order valence-electron chi connectivity index (χ2n) is 8.50. The van der Waals surface area contributed by atoms with Crippen LogP contribution < -0.4 is 4.74 Å². The second-order valence-corrected chi connectivity index (χ2v) is 10.7. The molecule has 0 unspecified atom stereocenters. The van der Waals surface area contributed by atoms with E-state index in [1.54, 1.807) is 0 Å². The standard InChI is InChI=1S/C21H30F3N3O6S/c1-3-34(29,30)19-13-25-18(12-26-19)33-16-6-4-15(5-7-16)32-17-8-10-27(11-9-17)20(28)31-14(2)21(22,23)24/h12-17H,3-11H2,1-2H3/t14-,15?,16?/m1/s1. The lowest BCUT2D eigenvalue weighted by molar-refractivity contribution is -0.200. The molecule has 1 saturated heterocycles. The fourth-order valence-corrected chi connectivity index (χ4v) is 4.59. The molecule has 1 amide bonds. The van der Waals surface area contributed by atoms with Crippen LogP contribution in [0.5, 0.6) is 5.88 Å². The molecule has 1 aromatic heterocycles. The summed E-state index contributed by atoms with van der Waals surface area (Å²) in [7, 11) is -3.41. The zero-order chi connectivity index (χ0) is 24.9. The number of hydrogen-bond acceptors (Lipinski definition) is 8. The molecular formula is C21H30F3N3O6S. The number of carbonyl (C=O) groups excluding carboxylic acids is 1. The average molecular weight is 510 g/mol. The van der Waals surface area contributed by atoms with Crippen molar-refractivity contribution in [2.75, 3.05) is 18.8 Å². The van der Waals surface area contributed by atoms with Crippen LogP contribution in [0.1, 0.15) is 52.4 Å². The van der Waals surface area contributed by atoms with Crippen LogP contribution in [0, 0.1) is 0 Å². The Labute approximate surface area is 196 Å². The minimum absolute atomic E-state index is 0.0387. The van der Waals surface area contributed by atoms with Crippen molar-refractivity contribution in [2.24, 2.45) is 0 Å². The highest BCUT2D eigenvalue weighted by Crippen LogP contribution is 2.28. The normalized spacial score (nSPS) is 23.4. The number of amides is 1. The molecule has 13 heteroatoms. The van der Waals surface area contributed by atoms with Crippen LogP contribution in [0.3, 0.4) is 0 Å². The number of ether oxygens (including phenoxy) is 3. The number of nitrogens with zero attached hydrogens (tertiary/aromatic N) is 3. The Bertz CT molecular complexity index is 913. The number of halogens is 3. The molecule has 34 heavy (non-hydrogen) atoms. The molecule has 1 aliphatic carbocycles. The summed E-state index contributed by atoms with van der Waals surface area (Å²) in [5, 5.41) is -0.0753. The third-order valence-electron chi connectivity index (χ3n) is 6.04. The number of piperidine rings is 1. The van der Waals surface area contributed by atoms with Gasteiger partial charge in [0.25, 0.3) is 0 Å². The predicted octanol–water partition coefficient (Wildman–Crippen LogP) is 3.53. The number of sulfone groups is 1. The van der Waals surface area contributed by atoms with Crippen molar-refractivity contribution in [1.29, 1.82) is 0 Å². The van der Waals surface area contributed by atoms with E-state index in [1.807, 2.05) is 0 Å². The first-order chi connectivity index (χ1) is 16.0. The number of hydrogen-bond donors (Lipinski definition) is 0. The highest BCUT2D eigenvalue weighted by molar-refractivity contribution is 7.91. The zero-order valence-corrected chi connectivity index (χ0v) is 20.0. The molecule has 0 radical (unpaired) electrons. The van der Waals surface area contributed by atoms with Crippen molar-refractivity contribution in [3.63, 3.8) is 0 Å². The molecule has 192 valence electrons. The molecule has 1 aliphatic heterocycles. The summed E-state index contributed by atoms with van der Waals surface area (Å²) in [5.74, 6) is 0.227. The van der Waals surface area contributed by atoms with Gasteiger partial charge in [-0.05, 0) is 45.4 Å². The third-order valence-corrected chi connectivity index (χ3v) is 7.64. The third kappa shape index (κ3) is 7.17. The maximum absolute atomic E-state index is 12.6. The van der Waals surface area contributed by atoms with Crippen LogP contribution in [0.4, 0.5) is 18.0 Å². The van der Waals surface area contributed by atoms with Crippen LogP contribution in [-0.2, 0) is 19.3 Å². The Morgan fingerprint density at radius 3 is 2.18 bits per heavy atom. The fraction of sp³-hybridized carbons (Fsp3) is 0.762. The predicted molar refractivity (Wildman–Crippen MR) is 114 cm³/mol. The first-order valence-electron chi connectivity index (χ1n) is 11.4. The quantitative estimate of drug-likeness (QED) is 0.549. The molecule has 1 atom stereocenters. The van der Waals surface area contributed by atoms with Gasteiger partial charge >= 0.3 is 12.3 Å². The first kappa shape index (κ1) is 26.5. The van der Waals surface area contributed by atoms with Gasteiger partial charge in [-0.2, -0.15) is 13.2 Å². The van der Waals surface area contributed by atoms with E-state index in [-0.39, 0.29) is 48.1 Å². The lowest BCUT2D eigenvalue weighted by Gasteiger charge is -2.36. The summed E-state index contributed by atoms with van der Waals surface area (Å²) in [5.41, 5.74) is 0. The van der Waals surface area contributed by atoms with E-state index in [9.17, 15) is 26.4 Å². The summed E-state index contributed by atoms with van der Waals surface area (Å²) in [6.07, 6.45) is -1.16. The second kappa shape index (κ2) is 11.1. The van der Waals surface area contributed by atoms with Crippen LogP contribution >= 0.6 is 0 Å². The molecule has 0 bridgehead atoms. The Balaban J connectivity index is 1.37. The molecule has 2 heterocycles. The minimum Gasteiger partial charge on any atom is -0.473 e. The van der Waals surface area contributed by atoms with Crippen molar-refractivity contribution in [3.05, 3.63) is 12.4 Å². The molecule has 2 aliphatic rings. The summed E-state index contributed by atoms with van der Waals surface area (Å²) >= 11 is 0. The van der Waals surface area contributed by atoms with Gasteiger partial charge in [-0.1, -0.05) is 6.92 Å². The summed E-state index contributed by atoms with van der Waals surface area (Å²) in [4.78, 5) is 21.2. The van der Waals surface area contributed by atoms with Gasteiger partial charge in [-0.15, -0.1) is 0 Å². The summed E-state index contributed by atoms with van der Waals surface area (Å²) in [6.45, 7) is 2.93. The highest BCUT2D eigenvalue weighted by atomic mass is 32.2. The largest absolute Gasteiger partial charge is 0.473 e. The molecule has 3 rings (SSSR count). The van der Waals surface area contributed by atoms with Crippen LogP contribution in [0.15, 0.2) is 17.4 Å². The number of carbonyl (C=O) groups is 1. The highest BCUT2D eigenvalue weighted by Gasteiger charge is 2.40. The van der Waals surface area contributed by atoms with Crippen molar-refractivity contribution in [2.45, 2.75) is 88.0 Å². The van der Waals surface area contributed by atoms with E-state index in [2.05, 4.69) is 14.7 Å². The number of likely N-dealkylation sites (tertiary alicyclic amines) is 1. The topological polar surface area (TPSA) is 108 Å². The average Bonchev–Trinajstić information content (AvgIpc) is 2.80. The van der Waals surface area contributed by atoms with Gasteiger partial charge in [0.1, 0.15) is 6.10 Å². The fourth-order valence-electron chi connectivity index (χ4n) is 3.87. The first-order valence-corrected chi connectivity index (χ1v) is 13.0. The van der Waals surface area contributed by atoms with Crippen LogP contribution in [0.2, 0.25) is 0 Å². The lowest BCUT2D eigenvalue weighted by Crippen LogP contribution is -2.44. The molecule has 9 nitrogen and oxygen atoms in total. The van der Waals surface area contributed by atoms with Crippen molar-refractivity contribution >= 4 is 15.9 Å². The maximum Gasteiger partial charge on any atom is 0.425 e. The van der Waals surface area contributed by atoms with E-state index in [0.29, 0.717) is 12.8 Å². The Morgan fingerprint density at radius 2 is 1.65 bits per heavy atom. The van der Waals surface area contributed by atoms with Gasteiger partial charge < -0.3 is 19.1 Å². The summed E-state index contributed by atoms with van der Waals surface area (Å²) in [6, 6.07) is 0. The van der Waals surface area contributed by atoms with E-state index >= 15 is 0 Å². The monoisotopic (exact) mass is 509 g/mol. The van der Waals surface area contributed by atoms with E-state index in [4.69, 9.17) is 9.47 Å². The Morgan fingerprint density at radius 1 is 1.06 bits per heavy atom. The van der Waals surface area contributed by atoms with Gasteiger partial charge in [0.15, 0.2) is 21.0 Å². The number of rotatable bonds is 7. The molecular weight excluding hydrogens is 479 g/mol. The molecule has 0 aromatic carbocycles. The van der Waals surface area contributed by atoms with Gasteiger partial charge in [0.05, 0.1) is 30.4 Å². The lowest BCUT2D eigenvalue weighted by atomic mass is 9.94. The molecule has 2 fully saturated rings. The van der Waals surface area contributed by atoms with Crippen molar-refractivity contribution < 1.29 is 40.6 Å². The number of alkyl halides is 3. The van der Waals surface area contributed by atoms with Gasteiger partial charge in [0, 0.05) is 13.1 Å².